The fourth-order valence-electron chi connectivity index (χ4n) is 2.24. The number of amides is 1. The number of anilines is 1. The third-order valence-corrected chi connectivity index (χ3v) is 4.22. The van der Waals surface area contributed by atoms with E-state index < -0.39 is 0 Å². The van der Waals surface area contributed by atoms with Crippen molar-refractivity contribution in [2.24, 2.45) is 0 Å². The second-order valence-electron chi connectivity index (χ2n) is 4.69. The number of halogens is 2. The Kier molecular flexibility index (Phi) is 4.86. The monoisotopic (exact) mass is 395 g/mol. The van der Waals surface area contributed by atoms with E-state index in [-0.39, 0.29) is 23.2 Å². The van der Waals surface area contributed by atoms with Crippen molar-refractivity contribution in [3.63, 3.8) is 0 Å². The van der Waals surface area contributed by atoms with Gasteiger partial charge in [-0.3, -0.25) is 4.79 Å². The van der Waals surface area contributed by atoms with Crippen LogP contribution >= 0.6 is 34.2 Å². The zero-order chi connectivity index (χ0) is 14.0. The lowest BCUT2D eigenvalue weighted by Crippen LogP contribution is -2.40. The number of carbonyl (C=O) groups excluding carboxylic acids is 1. The van der Waals surface area contributed by atoms with Crippen LogP contribution in [0.25, 0.3) is 0 Å². The minimum Gasteiger partial charge on any atom is -0.396 e. The Morgan fingerprint density at radius 3 is 3.00 bits per heavy atom. The van der Waals surface area contributed by atoms with Crippen LogP contribution in [0.1, 0.15) is 36.0 Å². The molecule has 0 radical (unpaired) electrons. The smallest absolute Gasteiger partial charge is 0.253 e. The predicted molar refractivity (Wildman–Crippen MR) is 82.1 cm³/mol. The molecule has 1 saturated carbocycles. The van der Waals surface area contributed by atoms with Gasteiger partial charge in [-0.25, -0.2) is 4.98 Å². The fraction of sp³-hybridized carbons (Fsp3) is 0.500. The van der Waals surface area contributed by atoms with Crippen LogP contribution in [0.4, 0.5) is 5.69 Å². The first-order valence-corrected chi connectivity index (χ1v) is 7.53. The summed E-state index contributed by atoms with van der Waals surface area (Å²) in [6.45, 7) is 0. The molecule has 0 saturated heterocycles. The van der Waals surface area contributed by atoms with E-state index in [1.165, 1.54) is 6.07 Å². The molecule has 2 atom stereocenters. The van der Waals surface area contributed by atoms with Gasteiger partial charge < -0.3 is 16.2 Å². The molecule has 2 rings (SSSR count). The molecule has 1 aromatic rings. The molecule has 104 valence electrons. The molecule has 0 aromatic carbocycles. The zero-order valence-corrected chi connectivity index (χ0v) is 13.1. The van der Waals surface area contributed by atoms with E-state index in [1.807, 2.05) is 22.6 Å². The van der Waals surface area contributed by atoms with Gasteiger partial charge in [0.05, 0.1) is 17.4 Å². The van der Waals surface area contributed by atoms with E-state index in [2.05, 4.69) is 10.3 Å². The first kappa shape index (κ1) is 14.8. The number of nitrogens with two attached hydrogens (primary N) is 1. The van der Waals surface area contributed by atoms with E-state index in [0.717, 1.165) is 19.3 Å². The number of hydrogen-bond donors (Lipinski definition) is 3. The summed E-state index contributed by atoms with van der Waals surface area (Å²) in [7, 11) is 0. The van der Waals surface area contributed by atoms with Crippen LogP contribution in [0, 0.1) is 3.70 Å². The van der Waals surface area contributed by atoms with Crippen molar-refractivity contribution in [3.05, 3.63) is 20.5 Å². The molecule has 4 N–H and O–H groups in total. The summed E-state index contributed by atoms with van der Waals surface area (Å²) in [5.74, 6) is -0.265. The van der Waals surface area contributed by atoms with Crippen molar-refractivity contribution >= 4 is 45.8 Å². The Balaban J connectivity index is 2.11. The molecular weight excluding hydrogens is 381 g/mol. The summed E-state index contributed by atoms with van der Waals surface area (Å²) in [6.07, 6.45) is 2.83. The van der Waals surface area contributed by atoms with Gasteiger partial charge in [-0.1, -0.05) is 11.6 Å². The van der Waals surface area contributed by atoms with Crippen molar-refractivity contribution in [2.45, 2.75) is 37.8 Å². The second kappa shape index (κ2) is 6.23. The number of hydrogen-bond acceptors (Lipinski definition) is 4. The molecule has 0 bridgehead atoms. The number of carbonyl (C=O) groups is 1. The first-order chi connectivity index (χ1) is 8.97. The number of rotatable bonds is 2. The van der Waals surface area contributed by atoms with Crippen molar-refractivity contribution in [1.82, 2.24) is 10.3 Å². The van der Waals surface area contributed by atoms with Crippen LogP contribution in [-0.4, -0.2) is 28.1 Å². The van der Waals surface area contributed by atoms with Gasteiger partial charge in [0, 0.05) is 6.04 Å². The van der Waals surface area contributed by atoms with E-state index in [1.54, 1.807) is 0 Å². The lowest BCUT2D eigenvalue weighted by molar-refractivity contribution is 0.0850. The van der Waals surface area contributed by atoms with Gasteiger partial charge in [-0.05, 0) is 54.3 Å². The van der Waals surface area contributed by atoms with Crippen LogP contribution < -0.4 is 11.1 Å². The number of aliphatic hydroxyl groups is 1. The Labute approximate surface area is 130 Å². The Morgan fingerprint density at radius 2 is 2.32 bits per heavy atom. The lowest BCUT2D eigenvalue weighted by Gasteiger charge is -2.26. The zero-order valence-electron chi connectivity index (χ0n) is 10.2. The Morgan fingerprint density at radius 1 is 1.58 bits per heavy atom. The van der Waals surface area contributed by atoms with Gasteiger partial charge in [-0.15, -0.1) is 0 Å². The van der Waals surface area contributed by atoms with Crippen LogP contribution in [0.5, 0.6) is 0 Å². The van der Waals surface area contributed by atoms with Gasteiger partial charge >= 0.3 is 0 Å². The van der Waals surface area contributed by atoms with Crippen LogP contribution in [0.15, 0.2) is 6.07 Å². The number of nitrogen functional groups attached to an aromatic ring is 1. The average molecular weight is 396 g/mol. The summed E-state index contributed by atoms with van der Waals surface area (Å²) >= 11 is 7.78. The number of pyridine rings is 1. The highest BCUT2D eigenvalue weighted by Crippen LogP contribution is 2.23. The molecule has 0 spiro atoms. The minimum absolute atomic E-state index is 0.0137. The quantitative estimate of drug-likeness (QED) is 0.528. The summed E-state index contributed by atoms with van der Waals surface area (Å²) in [6, 6.07) is 1.45. The highest BCUT2D eigenvalue weighted by Gasteiger charge is 2.23. The van der Waals surface area contributed by atoms with Crippen LogP contribution in [0.2, 0.25) is 5.15 Å². The molecule has 1 aliphatic carbocycles. The molecule has 1 aliphatic rings. The summed E-state index contributed by atoms with van der Waals surface area (Å²) in [4.78, 5) is 16.2. The molecule has 19 heavy (non-hydrogen) atoms. The van der Waals surface area contributed by atoms with E-state index >= 15 is 0 Å². The maximum absolute atomic E-state index is 12.2. The fourth-order valence-corrected chi connectivity index (χ4v) is 3.13. The van der Waals surface area contributed by atoms with Gasteiger partial charge in [0.15, 0.2) is 0 Å². The van der Waals surface area contributed by atoms with Crippen LogP contribution in [-0.2, 0) is 0 Å². The number of aliphatic hydroxyl groups excluding tert-OH is 1. The largest absolute Gasteiger partial charge is 0.396 e. The number of nitrogens with zero attached hydrogens (tertiary/aromatic N) is 1. The molecule has 5 nitrogen and oxygen atoms in total. The van der Waals surface area contributed by atoms with E-state index in [0.29, 0.717) is 21.4 Å². The maximum Gasteiger partial charge on any atom is 0.253 e. The maximum atomic E-state index is 12.2. The topological polar surface area (TPSA) is 88.2 Å². The molecule has 1 aromatic heterocycles. The van der Waals surface area contributed by atoms with Gasteiger partial charge in [0.1, 0.15) is 8.85 Å². The van der Waals surface area contributed by atoms with Crippen molar-refractivity contribution in [3.8, 4) is 0 Å². The Bertz CT molecular complexity index is 498. The summed E-state index contributed by atoms with van der Waals surface area (Å²) in [5, 5.41) is 12.7. The summed E-state index contributed by atoms with van der Waals surface area (Å²) in [5.41, 5.74) is 6.52. The molecule has 7 heteroatoms. The number of aromatic nitrogens is 1. The highest BCUT2D eigenvalue weighted by atomic mass is 127. The normalized spacial score (nSPS) is 23.1. The third kappa shape index (κ3) is 3.70. The average Bonchev–Trinajstić information content (AvgIpc) is 2.33. The van der Waals surface area contributed by atoms with Gasteiger partial charge in [0.25, 0.3) is 5.91 Å². The number of nitrogens with one attached hydrogen (secondary N) is 1. The third-order valence-electron chi connectivity index (χ3n) is 3.21. The molecule has 1 heterocycles. The second-order valence-corrected chi connectivity index (χ2v) is 6.10. The summed E-state index contributed by atoms with van der Waals surface area (Å²) < 4.78 is 0.513. The minimum atomic E-state index is -0.336. The highest BCUT2D eigenvalue weighted by molar-refractivity contribution is 14.1. The molecule has 0 aliphatic heterocycles. The van der Waals surface area contributed by atoms with E-state index in [4.69, 9.17) is 17.3 Å². The van der Waals surface area contributed by atoms with Crippen molar-refractivity contribution in [2.75, 3.05) is 5.73 Å². The first-order valence-electron chi connectivity index (χ1n) is 6.08. The van der Waals surface area contributed by atoms with Crippen LogP contribution in [0.3, 0.4) is 0 Å². The van der Waals surface area contributed by atoms with E-state index in [9.17, 15) is 9.90 Å². The van der Waals surface area contributed by atoms with Gasteiger partial charge in [0.2, 0.25) is 0 Å². The van der Waals surface area contributed by atoms with Gasteiger partial charge in [-0.2, -0.15) is 0 Å². The SMILES string of the molecule is Nc1c(C(=O)NC2CCCC(O)C2)cc(Cl)nc1I. The Hall–Kier alpha value is -0.600. The predicted octanol–water partition coefficient (Wildman–Crippen LogP) is 1.96. The standard InChI is InChI=1S/C12H15ClIN3O2/c13-9-5-8(10(15)11(14)17-9)12(19)16-6-2-1-3-7(18)4-6/h5-7,18H,1-4,15H2,(H,16,19). The molecule has 1 fully saturated rings. The lowest BCUT2D eigenvalue weighted by atomic mass is 9.93. The molecule has 2 unspecified atom stereocenters. The van der Waals surface area contributed by atoms with Crippen molar-refractivity contribution in [1.29, 1.82) is 0 Å². The molecule has 1 amide bonds. The molecular formula is C12H15ClIN3O2. The van der Waals surface area contributed by atoms with Crippen molar-refractivity contribution < 1.29 is 9.90 Å².